The monoisotopic (exact) mass is 357 g/mol. The van der Waals surface area contributed by atoms with E-state index in [1.54, 1.807) is 0 Å². The zero-order valence-corrected chi connectivity index (χ0v) is 13.2. The normalized spacial score (nSPS) is 15.1. The van der Waals surface area contributed by atoms with E-state index in [4.69, 9.17) is 24.9 Å². The Labute approximate surface area is 137 Å². The number of azide groups is 1. The average Bonchev–Trinajstić information content (AvgIpc) is 2.54. The Morgan fingerprint density at radius 3 is 2.25 bits per heavy atom. The van der Waals surface area contributed by atoms with Gasteiger partial charge in [0.25, 0.3) is 0 Å². The summed E-state index contributed by atoms with van der Waals surface area (Å²) >= 11 is 0. The van der Waals surface area contributed by atoms with Crippen LogP contribution in [0.25, 0.3) is 10.4 Å². The van der Waals surface area contributed by atoms with E-state index in [-0.39, 0.29) is 0 Å². The van der Waals surface area contributed by atoms with E-state index in [0.717, 1.165) is 26.2 Å². The Bertz CT molecular complexity index is 385. The highest BCUT2D eigenvalue weighted by molar-refractivity contribution is 5.70. The third-order valence-corrected chi connectivity index (χ3v) is 2.85. The van der Waals surface area contributed by atoms with Crippen LogP contribution in [-0.4, -0.2) is 82.7 Å². The van der Waals surface area contributed by atoms with E-state index >= 15 is 0 Å². The molecule has 1 heterocycles. The molecule has 0 saturated carbocycles. The van der Waals surface area contributed by atoms with Crippen LogP contribution in [0, 0.1) is 0 Å². The molecule has 140 valence electrons. The number of carboxylic acid groups (broad SMARTS) is 1. The van der Waals surface area contributed by atoms with Gasteiger partial charge in [-0.15, -0.1) is 0 Å². The summed E-state index contributed by atoms with van der Waals surface area (Å²) < 4.78 is 42.2. The first-order valence-electron chi connectivity index (χ1n) is 7.36. The number of hydrogen-bond acceptors (Lipinski definition) is 6. The summed E-state index contributed by atoms with van der Waals surface area (Å²) in [6.07, 6.45) is -5.19. The Hall–Kier alpha value is -1.59. The van der Waals surface area contributed by atoms with E-state index in [1.807, 2.05) is 0 Å². The van der Waals surface area contributed by atoms with Crippen molar-refractivity contribution in [2.45, 2.75) is 6.18 Å². The lowest BCUT2D eigenvalue weighted by Gasteiger charge is -2.24. The number of halogens is 3. The first kappa shape index (κ1) is 22.4. The molecule has 1 aliphatic rings. The predicted octanol–water partition coefficient (Wildman–Crippen LogP) is -1.49. The molecule has 9 nitrogen and oxygen atoms in total. The van der Waals surface area contributed by atoms with Crippen LogP contribution in [0.1, 0.15) is 0 Å². The highest BCUT2D eigenvalue weighted by atomic mass is 19.4. The second kappa shape index (κ2) is 13.8. The minimum Gasteiger partial charge on any atom is -0.542 e. The van der Waals surface area contributed by atoms with E-state index < -0.39 is 12.1 Å². The van der Waals surface area contributed by atoms with Crippen LogP contribution in [0.5, 0.6) is 0 Å². The van der Waals surface area contributed by atoms with Gasteiger partial charge >= 0.3 is 6.18 Å². The van der Waals surface area contributed by atoms with E-state index in [9.17, 15) is 13.2 Å². The Morgan fingerprint density at radius 2 is 1.75 bits per heavy atom. The fourth-order valence-corrected chi connectivity index (χ4v) is 1.69. The number of aliphatic carboxylic acids is 1. The Balaban J connectivity index is 0.000000640. The number of quaternary nitrogens is 1. The molecule has 0 aromatic rings. The smallest absolute Gasteiger partial charge is 0.430 e. The van der Waals surface area contributed by atoms with E-state index in [2.05, 4.69) is 20.2 Å². The molecule has 12 heteroatoms. The van der Waals surface area contributed by atoms with Crippen molar-refractivity contribution in [1.82, 2.24) is 4.90 Å². The maximum Gasteiger partial charge on any atom is 0.430 e. The number of hydrogen-bond donors (Lipinski definition) is 1. The summed E-state index contributed by atoms with van der Waals surface area (Å²) in [5.74, 6) is -3.01. The molecule has 0 amide bonds. The molecular weight excluding hydrogens is 335 g/mol. The van der Waals surface area contributed by atoms with Gasteiger partial charge in [0, 0.05) is 31.1 Å². The van der Waals surface area contributed by atoms with Crippen molar-refractivity contribution in [3.05, 3.63) is 10.4 Å². The van der Waals surface area contributed by atoms with Crippen molar-refractivity contribution >= 4 is 5.97 Å². The molecule has 1 rings (SSSR count). The van der Waals surface area contributed by atoms with Gasteiger partial charge in [0.05, 0.1) is 39.5 Å². The summed E-state index contributed by atoms with van der Waals surface area (Å²) in [6, 6.07) is 0. The number of alkyl halides is 3. The molecule has 0 atom stereocenters. The summed E-state index contributed by atoms with van der Waals surface area (Å²) in [4.78, 5) is 13.8. The molecule has 1 fully saturated rings. The lowest BCUT2D eigenvalue weighted by molar-refractivity contribution is -0.663. The zero-order chi connectivity index (χ0) is 18.3. The first-order valence-corrected chi connectivity index (χ1v) is 7.36. The van der Waals surface area contributed by atoms with Crippen LogP contribution in [0.15, 0.2) is 5.11 Å². The second-order valence-electron chi connectivity index (χ2n) is 4.67. The summed E-state index contributed by atoms with van der Waals surface area (Å²) in [7, 11) is 0. The van der Waals surface area contributed by atoms with Crippen molar-refractivity contribution in [3.63, 3.8) is 0 Å². The Kier molecular flexibility index (Phi) is 12.9. The van der Waals surface area contributed by atoms with Gasteiger partial charge in [0.1, 0.15) is 5.97 Å². The van der Waals surface area contributed by atoms with Crippen molar-refractivity contribution in [2.75, 3.05) is 65.7 Å². The zero-order valence-electron chi connectivity index (χ0n) is 13.2. The fraction of sp³-hybridized carbons (Fsp3) is 0.917. The molecular formula is C12H22F3N5O4. The minimum absolute atomic E-state index is 0.390. The van der Waals surface area contributed by atoms with Gasteiger partial charge in [-0.25, -0.2) is 0 Å². The van der Waals surface area contributed by atoms with Crippen LogP contribution >= 0.6 is 0 Å². The molecule has 0 unspecified atom stereocenters. The highest BCUT2D eigenvalue weighted by Crippen LogP contribution is 2.11. The topological polar surface area (TPSA) is 127 Å². The number of carboxylic acids is 1. The maximum atomic E-state index is 10.5. The lowest BCUT2D eigenvalue weighted by atomic mass is 10.4. The molecule has 0 spiro atoms. The van der Waals surface area contributed by atoms with Gasteiger partial charge < -0.3 is 24.7 Å². The molecule has 2 N–H and O–H groups in total. The largest absolute Gasteiger partial charge is 0.542 e. The second-order valence-corrected chi connectivity index (χ2v) is 4.67. The molecule has 1 saturated heterocycles. The number of nitrogens with zero attached hydrogens (tertiary/aromatic N) is 4. The maximum absolute atomic E-state index is 10.5. The van der Waals surface area contributed by atoms with Crippen LogP contribution in [0.3, 0.4) is 0 Å². The van der Waals surface area contributed by atoms with Gasteiger partial charge in [-0.3, -0.25) is 4.90 Å². The van der Waals surface area contributed by atoms with E-state index in [1.165, 1.54) is 13.1 Å². The minimum atomic E-state index is -5.19. The van der Waals surface area contributed by atoms with Crippen LogP contribution < -0.4 is 10.4 Å². The molecule has 0 radical (unpaired) electrons. The Morgan fingerprint density at radius 1 is 1.21 bits per heavy atom. The third-order valence-electron chi connectivity index (χ3n) is 2.85. The number of carbonyl (C=O) groups excluding carboxylic acids is 1. The molecule has 0 aromatic carbocycles. The first-order chi connectivity index (χ1) is 11.4. The number of ether oxygens (including phenoxy) is 2. The molecule has 24 heavy (non-hydrogen) atoms. The quantitative estimate of drug-likeness (QED) is 0.233. The fourth-order valence-electron chi connectivity index (χ4n) is 1.69. The predicted molar refractivity (Wildman–Crippen MR) is 74.8 cm³/mol. The molecule has 0 aromatic heterocycles. The summed E-state index contributed by atoms with van der Waals surface area (Å²) in [5, 5.41) is 14.5. The van der Waals surface area contributed by atoms with Crippen LogP contribution in [-0.2, 0) is 14.3 Å². The molecule has 0 bridgehead atoms. The number of rotatable bonds is 9. The van der Waals surface area contributed by atoms with Gasteiger partial charge in [-0.05, 0) is 5.53 Å². The van der Waals surface area contributed by atoms with Crippen molar-refractivity contribution in [1.29, 1.82) is 0 Å². The van der Waals surface area contributed by atoms with Gasteiger partial charge in [0.2, 0.25) is 0 Å². The number of piperazine rings is 1. The standard InChI is InChI=1S/C10H21N5O2.C2HF3O2/c11-14-13-3-7-16-9-10-17-8-6-15-4-1-12-2-5-15;3-2(4,5)1(6)7/h12H,1-10H2;(H,6,7). The van der Waals surface area contributed by atoms with Gasteiger partial charge in [-0.2, -0.15) is 13.2 Å². The van der Waals surface area contributed by atoms with Gasteiger partial charge in [-0.1, -0.05) is 5.11 Å². The van der Waals surface area contributed by atoms with Crippen molar-refractivity contribution in [2.24, 2.45) is 5.11 Å². The highest BCUT2D eigenvalue weighted by Gasteiger charge is 2.28. The number of carbonyl (C=O) groups is 1. The SMILES string of the molecule is O=C([O-])C(F)(F)F.[N-]=[N+]=NCCOCCOCCN1CC[NH2+]CC1. The van der Waals surface area contributed by atoms with Crippen LogP contribution in [0.2, 0.25) is 0 Å². The number of nitrogens with two attached hydrogens (primary N) is 1. The molecule has 1 aliphatic heterocycles. The van der Waals surface area contributed by atoms with Crippen molar-refractivity contribution in [3.8, 4) is 0 Å². The lowest BCUT2D eigenvalue weighted by Crippen LogP contribution is -2.89. The third kappa shape index (κ3) is 14.0. The summed E-state index contributed by atoms with van der Waals surface area (Å²) in [5.41, 5.74) is 8.03. The average molecular weight is 357 g/mol. The van der Waals surface area contributed by atoms with Gasteiger partial charge in [0.15, 0.2) is 0 Å². The summed E-state index contributed by atoms with van der Waals surface area (Å²) in [6.45, 7) is 8.51. The van der Waals surface area contributed by atoms with E-state index in [0.29, 0.717) is 26.4 Å². The van der Waals surface area contributed by atoms with Crippen molar-refractivity contribution < 1.29 is 37.9 Å². The molecule has 0 aliphatic carbocycles. The van der Waals surface area contributed by atoms with Crippen LogP contribution in [0.4, 0.5) is 13.2 Å².